The van der Waals surface area contributed by atoms with Gasteiger partial charge in [-0.25, -0.2) is 14.8 Å². The van der Waals surface area contributed by atoms with Gasteiger partial charge in [0.25, 0.3) is 0 Å². The van der Waals surface area contributed by atoms with Crippen LogP contribution in [-0.2, 0) is 21.9 Å². The monoisotopic (exact) mass is 322 g/mol. The normalized spacial score (nSPS) is 24.3. The molecular weight excluding hydrogens is 300 g/mol. The Balaban J connectivity index is 1.67. The summed E-state index contributed by atoms with van der Waals surface area (Å²) >= 11 is 0. The average Bonchev–Trinajstić information content (AvgIpc) is 3.15. The first-order valence-electron chi connectivity index (χ1n) is 8.55. The van der Waals surface area contributed by atoms with E-state index in [1.165, 1.54) is 16.3 Å². The molecule has 0 bridgehead atoms. The molecule has 4 rings (SSSR count). The Hall–Kier alpha value is -2.17. The first-order chi connectivity index (χ1) is 11.8. The van der Waals surface area contributed by atoms with Crippen LogP contribution in [0.4, 0.5) is 0 Å². The van der Waals surface area contributed by atoms with Crippen molar-refractivity contribution < 1.29 is 9.78 Å². The molecule has 1 aromatic heterocycles. The third-order valence-corrected chi connectivity index (χ3v) is 4.94. The molecule has 3 aromatic rings. The highest BCUT2D eigenvalue weighted by Gasteiger charge is 2.38. The van der Waals surface area contributed by atoms with E-state index in [0.717, 1.165) is 25.8 Å². The smallest absolute Gasteiger partial charge is 0.130 e. The van der Waals surface area contributed by atoms with Gasteiger partial charge in [-0.15, -0.1) is 0 Å². The SMILES string of the molecule is CC1CCC(CCn2ccnc2)(c2ccc3ccccc3c2)OO1. The first kappa shape index (κ1) is 15.4. The molecule has 2 heterocycles. The quantitative estimate of drug-likeness (QED) is 0.666. The van der Waals surface area contributed by atoms with E-state index in [1.807, 2.05) is 18.7 Å². The van der Waals surface area contributed by atoms with Crippen LogP contribution in [0, 0.1) is 0 Å². The van der Waals surface area contributed by atoms with Crippen molar-refractivity contribution in [1.82, 2.24) is 9.55 Å². The molecule has 0 N–H and O–H groups in total. The third kappa shape index (κ3) is 2.95. The molecule has 2 unspecified atom stereocenters. The zero-order chi connectivity index (χ0) is 16.4. The van der Waals surface area contributed by atoms with Crippen molar-refractivity contribution in [3.8, 4) is 0 Å². The van der Waals surface area contributed by atoms with E-state index >= 15 is 0 Å². The molecule has 124 valence electrons. The Morgan fingerprint density at radius 1 is 1.21 bits per heavy atom. The summed E-state index contributed by atoms with van der Waals surface area (Å²) in [5.41, 5.74) is 0.786. The largest absolute Gasteiger partial charge is 0.337 e. The second-order valence-corrected chi connectivity index (χ2v) is 6.64. The van der Waals surface area contributed by atoms with Gasteiger partial charge in [-0.1, -0.05) is 36.4 Å². The number of nitrogens with zero attached hydrogens (tertiary/aromatic N) is 2. The van der Waals surface area contributed by atoms with Crippen molar-refractivity contribution in [2.45, 2.75) is 44.4 Å². The molecule has 1 aliphatic heterocycles. The highest BCUT2D eigenvalue weighted by Crippen LogP contribution is 2.40. The van der Waals surface area contributed by atoms with Crippen LogP contribution in [0.1, 0.15) is 31.7 Å². The molecule has 1 saturated heterocycles. The van der Waals surface area contributed by atoms with Gasteiger partial charge >= 0.3 is 0 Å². The van der Waals surface area contributed by atoms with Gasteiger partial charge in [0, 0.05) is 25.4 Å². The molecular formula is C20H22N2O2. The third-order valence-electron chi connectivity index (χ3n) is 4.94. The van der Waals surface area contributed by atoms with Gasteiger partial charge in [0.1, 0.15) is 5.60 Å². The maximum Gasteiger partial charge on any atom is 0.130 e. The van der Waals surface area contributed by atoms with Crippen LogP contribution in [0.15, 0.2) is 61.2 Å². The lowest BCUT2D eigenvalue weighted by atomic mass is 9.83. The summed E-state index contributed by atoms with van der Waals surface area (Å²) in [6.45, 7) is 2.91. The molecule has 4 heteroatoms. The lowest BCUT2D eigenvalue weighted by Crippen LogP contribution is -2.38. The van der Waals surface area contributed by atoms with Crippen LogP contribution in [0.3, 0.4) is 0 Å². The van der Waals surface area contributed by atoms with Gasteiger partial charge in [-0.2, -0.15) is 0 Å². The fraction of sp³-hybridized carbons (Fsp3) is 0.350. The Bertz CT molecular complexity index is 805. The molecule has 0 saturated carbocycles. The summed E-state index contributed by atoms with van der Waals surface area (Å²) < 4.78 is 2.09. The Morgan fingerprint density at radius 2 is 2.08 bits per heavy atom. The van der Waals surface area contributed by atoms with Crippen LogP contribution >= 0.6 is 0 Å². The van der Waals surface area contributed by atoms with E-state index in [0.29, 0.717) is 0 Å². The van der Waals surface area contributed by atoms with Crippen molar-refractivity contribution >= 4 is 10.8 Å². The standard InChI is InChI=1S/C20H22N2O2/c1-16-8-9-20(24-23-16,10-12-22-13-11-21-15-22)19-7-6-17-4-2-3-5-18(17)14-19/h2-7,11,13-16H,8-10,12H2,1H3. The Labute approximate surface area is 142 Å². The summed E-state index contributed by atoms with van der Waals surface area (Å²) in [5, 5.41) is 2.48. The molecule has 2 atom stereocenters. The highest BCUT2D eigenvalue weighted by atomic mass is 17.2. The second kappa shape index (κ2) is 6.38. The lowest BCUT2D eigenvalue weighted by molar-refractivity contribution is -0.413. The highest BCUT2D eigenvalue weighted by molar-refractivity contribution is 5.83. The molecule has 24 heavy (non-hydrogen) atoms. The first-order valence-corrected chi connectivity index (χ1v) is 8.55. The summed E-state index contributed by atoms with van der Waals surface area (Å²) in [6, 6.07) is 15.0. The van der Waals surface area contributed by atoms with Gasteiger partial charge in [0.15, 0.2) is 0 Å². The van der Waals surface area contributed by atoms with Crippen molar-refractivity contribution in [2.75, 3.05) is 0 Å². The van der Waals surface area contributed by atoms with Crippen LogP contribution < -0.4 is 0 Å². The summed E-state index contributed by atoms with van der Waals surface area (Å²) in [7, 11) is 0. The second-order valence-electron chi connectivity index (χ2n) is 6.64. The van der Waals surface area contributed by atoms with Crippen LogP contribution in [0.5, 0.6) is 0 Å². The molecule has 0 amide bonds. The minimum atomic E-state index is -0.402. The summed E-state index contributed by atoms with van der Waals surface area (Å²) in [4.78, 5) is 15.7. The van der Waals surface area contributed by atoms with Gasteiger partial charge in [-0.3, -0.25) is 0 Å². The van der Waals surface area contributed by atoms with Crippen molar-refractivity contribution in [3.05, 3.63) is 66.7 Å². The predicted molar refractivity (Wildman–Crippen MR) is 93.3 cm³/mol. The Morgan fingerprint density at radius 3 is 2.83 bits per heavy atom. The molecule has 2 aromatic carbocycles. The zero-order valence-electron chi connectivity index (χ0n) is 13.9. The number of benzene rings is 2. The number of aromatic nitrogens is 2. The van der Waals surface area contributed by atoms with Crippen LogP contribution in [-0.4, -0.2) is 15.7 Å². The molecule has 0 spiro atoms. The average molecular weight is 322 g/mol. The van der Waals surface area contributed by atoms with E-state index in [1.54, 1.807) is 0 Å². The van der Waals surface area contributed by atoms with Gasteiger partial charge < -0.3 is 4.57 Å². The minimum Gasteiger partial charge on any atom is -0.337 e. The molecule has 4 nitrogen and oxygen atoms in total. The van der Waals surface area contributed by atoms with Gasteiger partial charge in [-0.05, 0) is 42.2 Å². The van der Waals surface area contributed by atoms with Gasteiger partial charge in [0.05, 0.1) is 12.4 Å². The van der Waals surface area contributed by atoms with E-state index in [-0.39, 0.29) is 6.10 Å². The van der Waals surface area contributed by atoms with Crippen LogP contribution in [0.25, 0.3) is 10.8 Å². The number of hydrogen-bond donors (Lipinski definition) is 0. The fourth-order valence-corrected chi connectivity index (χ4v) is 3.41. The van der Waals surface area contributed by atoms with Gasteiger partial charge in [0.2, 0.25) is 0 Å². The molecule has 0 radical (unpaired) electrons. The minimum absolute atomic E-state index is 0.145. The molecule has 0 aliphatic carbocycles. The van der Waals surface area contributed by atoms with E-state index in [9.17, 15) is 0 Å². The van der Waals surface area contributed by atoms with E-state index in [4.69, 9.17) is 9.78 Å². The predicted octanol–water partition coefficient (Wildman–Crippen LogP) is 4.45. The van der Waals surface area contributed by atoms with E-state index in [2.05, 4.69) is 58.9 Å². The number of hydrogen-bond acceptors (Lipinski definition) is 3. The van der Waals surface area contributed by atoms with Crippen LogP contribution in [0.2, 0.25) is 0 Å². The zero-order valence-corrected chi connectivity index (χ0v) is 13.9. The van der Waals surface area contributed by atoms with E-state index < -0.39 is 5.60 Å². The molecule has 1 fully saturated rings. The van der Waals surface area contributed by atoms with Crippen molar-refractivity contribution in [1.29, 1.82) is 0 Å². The summed E-state index contributed by atoms with van der Waals surface area (Å²) in [6.07, 6.45) is 8.60. The maximum atomic E-state index is 5.98. The van der Waals surface area contributed by atoms with Crippen molar-refractivity contribution in [2.24, 2.45) is 0 Å². The number of imidazole rings is 1. The Kier molecular flexibility index (Phi) is 4.08. The molecule has 1 aliphatic rings. The lowest BCUT2D eigenvalue weighted by Gasteiger charge is -2.38. The number of fused-ring (bicyclic) bond motifs is 1. The van der Waals surface area contributed by atoms with Crippen molar-refractivity contribution in [3.63, 3.8) is 0 Å². The topological polar surface area (TPSA) is 36.3 Å². The summed E-state index contributed by atoms with van der Waals surface area (Å²) in [5.74, 6) is 0. The number of aryl methyl sites for hydroxylation is 1. The number of rotatable bonds is 4. The fourth-order valence-electron chi connectivity index (χ4n) is 3.41. The maximum absolute atomic E-state index is 5.98.